The fraction of sp³-hybridized carbons (Fsp3) is 0.625. The van der Waals surface area contributed by atoms with E-state index in [-0.39, 0.29) is 11.9 Å². The van der Waals surface area contributed by atoms with Gasteiger partial charge < -0.3 is 16.3 Å². The number of nitrogens with one attached hydrogen (secondary N) is 1. The molecule has 0 radical (unpaired) electrons. The van der Waals surface area contributed by atoms with E-state index in [0.29, 0.717) is 19.4 Å². The van der Waals surface area contributed by atoms with Gasteiger partial charge >= 0.3 is 0 Å². The van der Waals surface area contributed by atoms with Crippen molar-refractivity contribution < 1.29 is 5.21 Å². The van der Waals surface area contributed by atoms with Gasteiger partial charge in [-0.1, -0.05) is 5.16 Å². The predicted octanol–water partition coefficient (Wildman–Crippen LogP) is 0.124. The Balaban J connectivity index is 3.38. The van der Waals surface area contributed by atoms with Gasteiger partial charge in [-0.2, -0.15) is 0 Å². The molecule has 0 aromatic rings. The number of oxime groups is 1. The average molecular weight is 169 g/mol. The maximum atomic E-state index is 8.21. The summed E-state index contributed by atoms with van der Waals surface area (Å²) in [6.07, 6.45) is 6.33. The second-order valence-corrected chi connectivity index (χ2v) is 2.60. The normalized spacial score (nSPS) is 13.8. The second kappa shape index (κ2) is 6.50. The smallest absolute Gasteiger partial charge is 0.140 e. The van der Waals surface area contributed by atoms with Crippen molar-refractivity contribution in [1.29, 1.82) is 0 Å². The van der Waals surface area contributed by atoms with Crippen LogP contribution >= 0.6 is 0 Å². The molecule has 0 aliphatic rings. The van der Waals surface area contributed by atoms with Crippen LogP contribution in [0.1, 0.15) is 19.8 Å². The van der Waals surface area contributed by atoms with Gasteiger partial charge in [0.25, 0.3) is 0 Å². The number of hydrogen-bond acceptors (Lipinski definition) is 3. The second-order valence-electron chi connectivity index (χ2n) is 2.60. The van der Waals surface area contributed by atoms with E-state index < -0.39 is 0 Å². The molecule has 4 N–H and O–H groups in total. The van der Waals surface area contributed by atoms with Crippen LogP contribution in [0.5, 0.6) is 0 Å². The van der Waals surface area contributed by atoms with E-state index in [1.807, 2.05) is 6.92 Å². The molecule has 68 valence electrons. The van der Waals surface area contributed by atoms with Crippen LogP contribution in [0.4, 0.5) is 0 Å². The van der Waals surface area contributed by atoms with E-state index in [0.717, 1.165) is 0 Å². The Morgan fingerprint density at radius 2 is 2.50 bits per heavy atom. The maximum absolute atomic E-state index is 8.21. The van der Waals surface area contributed by atoms with Crippen LogP contribution in [-0.2, 0) is 0 Å². The molecular formula is C8H15N3O. The van der Waals surface area contributed by atoms with E-state index in [1.54, 1.807) is 0 Å². The molecule has 1 unspecified atom stereocenters. The minimum atomic E-state index is 0.232. The van der Waals surface area contributed by atoms with Gasteiger partial charge in [0.05, 0.1) is 0 Å². The third-order valence-corrected chi connectivity index (χ3v) is 1.43. The highest BCUT2D eigenvalue weighted by Crippen LogP contribution is 1.87. The Hall–Kier alpha value is -1.21. The molecule has 0 aliphatic carbocycles. The van der Waals surface area contributed by atoms with Crippen molar-refractivity contribution in [2.45, 2.75) is 25.8 Å². The Bertz CT molecular complexity index is 183. The van der Waals surface area contributed by atoms with Gasteiger partial charge in [0.1, 0.15) is 5.84 Å². The molecule has 0 fully saturated rings. The Morgan fingerprint density at radius 3 is 3.00 bits per heavy atom. The fourth-order valence-electron chi connectivity index (χ4n) is 0.746. The maximum Gasteiger partial charge on any atom is 0.140 e. The summed E-state index contributed by atoms with van der Waals surface area (Å²) in [7, 11) is 0. The summed E-state index contributed by atoms with van der Waals surface area (Å²) >= 11 is 0. The van der Waals surface area contributed by atoms with Gasteiger partial charge in [0.15, 0.2) is 0 Å². The van der Waals surface area contributed by atoms with Gasteiger partial charge in [-0.05, 0) is 6.92 Å². The van der Waals surface area contributed by atoms with Crippen LogP contribution in [0.15, 0.2) is 5.16 Å². The van der Waals surface area contributed by atoms with E-state index in [4.69, 9.17) is 17.4 Å². The monoisotopic (exact) mass is 169 g/mol. The van der Waals surface area contributed by atoms with Crippen molar-refractivity contribution in [3.63, 3.8) is 0 Å². The van der Waals surface area contributed by atoms with Gasteiger partial charge in [0, 0.05) is 25.4 Å². The summed E-state index contributed by atoms with van der Waals surface area (Å²) in [5.74, 6) is 2.78. The van der Waals surface area contributed by atoms with Gasteiger partial charge in [-0.3, -0.25) is 0 Å². The van der Waals surface area contributed by atoms with Crippen molar-refractivity contribution in [2.24, 2.45) is 10.9 Å². The molecule has 4 nitrogen and oxygen atoms in total. The molecule has 0 aliphatic heterocycles. The molecule has 0 heterocycles. The molecule has 0 spiro atoms. The minimum absolute atomic E-state index is 0.232. The largest absolute Gasteiger partial charge is 0.409 e. The third kappa shape index (κ3) is 5.57. The highest BCUT2D eigenvalue weighted by atomic mass is 16.4. The lowest BCUT2D eigenvalue weighted by Crippen LogP contribution is -2.29. The quantitative estimate of drug-likeness (QED) is 0.180. The first-order chi connectivity index (χ1) is 5.70. The Morgan fingerprint density at radius 1 is 1.83 bits per heavy atom. The van der Waals surface area contributed by atoms with E-state index in [9.17, 15) is 0 Å². The van der Waals surface area contributed by atoms with Crippen LogP contribution in [0, 0.1) is 12.3 Å². The van der Waals surface area contributed by atoms with Crippen molar-refractivity contribution >= 4 is 5.84 Å². The zero-order valence-electron chi connectivity index (χ0n) is 7.25. The molecule has 0 aromatic carbocycles. The van der Waals surface area contributed by atoms with E-state index in [1.165, 1.54) is 0 Å². The van der Waals surface area contributed by atoms with Gasteiger partial charge in [-0.15, -0.1) is 12.3 Å². The SMILES string of the molecule is C#CCC(C)NCCC(N)=NO. The minimum Gasteiger partial charge on any atom is -0.409 e. The molecular weight excluding hydrogens is 154 g/mol. The van der Waals surface area contributed by atoms with Gasteiger partial charge in [0.2, 0.25) is 0 Å². The number of nitrogens with two attached hydrogens (primary N) is 1. The lowest BCUT2D eigenvalue weighted by Gasteiger charge is -2.09. The number of terminal acetylenes is 1. The molecule has 0 amide bonds. The summed E-state index contributed by atoms with van der Waals surface area (Å²) in [6.45, 7) is 2.67. The van der Waals surface area contributed by atoms with E-state index >= 15 is 0 Å². The third-order valence-electron chi connectivity index (χ3n) is 1.43. The first-order valence-corrected chi connectivity index (χ1v) is 3.84. The summed E-state index contributed by atoms with van der Waals surface area (Å²) < 4.78 is 0. The number of hydrogen-bond donors (Lipinski definition) is 3. The summed E-state index contributed by atoms with van der Waals surface area (Å²) in [6, 6.07) is 0.279. The number of rotatable bonds is 5. The van der Waals surface area contributed by atoms with Crippen molar-refractivity contribution in [1.82, 2.24) is 5.32 Å². The zero-order chi connectivity index (χ0) is 9.40. The molecule has 0 rings (SSSR count). The molecule has 0 saturated heterocycles. The highest BCUT2D eigenvalue weighted by Gasteiger charge is 1.98. The van der Waals surface area contributed by atoms with Crippen molar-refractivity contribution in [3.8, 4) is 12.3 Å². The predicted molar refractivity (Wildman–Crippen MR) is 48.9 cm³/mol. The van der Waals surface area contributed by atoms with Crippen LogP contribution in [0.25, 0.3) is 0 Å². The average Bonchev–Trinajstić information content (AvgIpc) is 2.04. The van der Waals surface area contributed by atoms with Gasteiger partial charge in [-0.25, -0.2) is 0 Å². The Labute approximate surface area is 72.8 Å². The summed E-state index contributed by atoms with van der Waals surface area (Å²) in [4.78, 5) is 0. The topological polar surface area (TPSA) is 70.6 Å². The number of nitrogens with zero attached hydrogens (tertiary/aromatic N) is 1. The molecule has 0 bridgehead atoms. The number of amidine groups is 1. The van der Waals surface area contributed by atoms with Crippen LogP contribution < -0.4 is 11.1 Å². The zero-order valence-corrected chi connectivity index (χ0v) is 7.25. The van der Waals surface area contributed by atoms with Crippen LogP contribution in [0.2, 0.25) is 0 Å². The van der Waals surface area contributed by atoms with Crippen molar-refractivity contribution in [2.75, 3.05) is 6.54 Å². The highest BCUT2D eigenvalue weighted by molar-refractivity contribution is 5.79. The first kappa shape index (κ1) is 10.8. The first-order valence-electron chi connectivity index (χ1n) is 3.84. The van der Waals surface area contributed by atoms with Crippen LogP contribution in [-0.4, -0.2) is 23.6 Å². The molecule has 4 heteroatoms. The molecule has 0 saturated carbocycles. The molecule has 1 atom stereocenters. The van der Waals surface area contributed by atoms with E-state index in [2.05, 4.69) is 16.4 Å². The van der Waals surface area contributed by atoms with Crippen molar-refractivity contribution in [3.05, 3.63) is 0 Å². The molecule has 12 heavy (non-hydrogen) atoms. The Kier molecular flexibility index (Phi) is 5.84. The fourth-order valence-corrected chi connectivity index (χ4v) is 0.746. The summed E-state index contributed by atoms with van der Waals surface area (Å²) in [5.41, 5.74) is 5.25. The lowest BCUT2D eigenvalue weighted by atomic mass is 10.2. The lowest BCUT2D eigenvalue weighted by molar-refractivity contribution is 0.316. The standard InChI is InChI=1S/C8H15N3O/c1-3-4-7(2)10-6-5-8(9)11-12/h1,7,10,12H,4-6H2,2H3,(H2,9,11). The van der Waals surface area contributed by atoms with Crippen LogP contribution in [0.3, 0.4) is 0 Å². The molecule has 0 aromatic heterocycles. The summed E-state index contributed by atoms with van der Waals surface area (Å²) in [5, 5.41) is 14.2.